The summed E-state index contributed by atoms with van der Waals surface area (Å²) in [5, 5.41) is 0. The van der Waals surface area contributed by atoms with Crippen molar-refractivity contribution in [3.05, 3.63) is 0 Å². The van der Waals surface area contributed by atoms with Gasteiger partial charge in [-0.1, -0.05) is 45.4 Å². The molecule has 0 bridgehead atoms. The lowest BCUT2D eigenvalue weighted by atomic mass is 10.1. The van der Waals surface area contributed by atoms with Crippen LogP contribution in [0, 0.1) is 0 Å². The molecule has 0 aromatic carbocycles. The quantitative estimate of drug-likeness (QED) is 0.349. The maximum atomic E-state index is 11.0. The Kier molecular flexibility index (Phi) is 9.12. The van der Waals surface area contributed by atoms with Crippen molar-refractivity contribution >= 4 is 7.82 Å². The number of phosphoric ester groups is 1. The van der Waals surface area contributed by atoms with E-state index in [1.807, 2.05) is 21.1 Å². The number of rotatable bonds is 11. The van der Waals surface area contributed by atoms with Gasteiger partial charge in [0.2, 0.25) is 0 Å². The SMILES string of the molecule is CCCCCCCCC(C[N+](C)(C)C)OP(=O)(O)O. The zero-order valence-electron chi connectivity index (χ0n) is 12.8. The largest absolute Gasteiger partial charge is 0.470 e. The molecule has 0 rings (SSSR count). The van der Waals surface area contributed by atoms with Crippen LogP contribution in [0.5, 0.6) is 0 Å². The van der Waals surface area contributed by atoms with E-state index in [2.05, 4.69) is 6.92 Å². The highest BCUT2D eigenvalue weighted by Crippen LogP contribution is 2.38. The molecule has 0 fully saturated rings. The van der Waals surface area contributed by atoms with Crippen molar-refractivity contribution in [2.45, 2.75) is 58.0 Å². The fourth-order valence-corrected chi connectivity index (χ4v) is 2.70. The molecule has 0 radical (unpaired) electrons. The first-order valence-electron chi connectivity index (χ1n) is 7.18. The lowest BCUT2D eigenvalue weighted by Gasteiger charge is -2.29. The Bertz CT molecular complexity index is 272. The number of unbranched alkanes of at least 4 members (excludes halogenated alkanes) is 5. The van der Waals surface area contributed by atoms with Crippen molar-refractivity contribution in [1.82, 2.24) is 0 Å². The number of hydrogen-bond acceptors (Lipinski definition) is 2. The van der Waals surface area contributed by atoms with Crippen LogP contribution in [0.1, 0.15) is 51.9 Å². The lowest BCUT2D eigenvalue weighted by Crippen LogP contribution is -2.42. The van der Waals surface area contributed by atoms with Crippen LogP contribution in [0.4, 0.5) is 0 Å². The van der Waals surface area contributed by atoms with Gasteiger partial charge in [0.1, 0.15) is 12.6 Å². The molecule has 6 heteroatoms. The monoisotopic (exact) mass is 296 g/mol. The lowest BCUT2D eigenvalue weighted by molar-refractivity contribution is -0.873. The fraction of sp³-hybridized carbons (Fsp3) is 1.00. The number of likely N-dealkylation sites (N-methyl/N-ethyl adjacent to an activating group) is 1. The Morgan fingerprint density at radius 3 is 2.05 bits per heavy atom. The van der Waals surface area contributed by atoms with Gasteiger partial charge in [0.05, 0.1) is 21.1 Å². The molecule has 0 spiro atoms. The summed E-state index contributed by atoms with van der Waals surface area (Å²) in [5.74, 6) is 0. The van der Waals surface area contributed by atoms with Crippen LogP contribution < -0.4 is 0 Å². The normalized spacial score (nSPS) is 14.6. The van der Waals surface area contributed by atoms with Crippen LogP contribution in [0.25, 0.3) is 0 Å². The van der Waals surface area contributed by atoms with Crippen LogP contribution in [0.2, 0.25) is 0 Å². The first-order valence-corrected chi connectivity index (χ1v) is 8.71. The number of quaternary nitrogens is 1. The number of hydrogen-bond donors (Lipinski definition) is 2. The molecule has 2 N–H and O–H groups in total. The van der Waals surface area contributed by atoms with Crippen molar-refractivity contribution in [1.29, 1.82) is 0 Å². The van der Waals surface area contributed by atoms with Gasteiger partial charge in [0.15, 0.2) is 0 Å². The topological polar surface area (TPSA) is 66.8 Å². The third kappa shape index (κ3) is 14.3. The highest BCUT2D eigenvalue weighted by Gasteiger charge is 2.26. The number of nitrogens with zero attached hydrogens (tertiary/aromatic N) is 1. The van der Waals surface area contributed by atoms with Crippen LogP contribution in [-0.4, -0.2) is 48.1 Å². The second-order valence-electron chi connectivity index (χ2n) is 6.25. The molecule has 0 aromatic heterocycles. The predicted octanol–water partition coefficient (Wildman–Crippen LogP) is 2.92. The Hall–Kier alpha value is 0.0700. The molecule has 0 aliphatic rings. The zero-order valence-corrected chi connectivity index (χ0v) is 13.7. The first-order chi connectivity index (χ1) is 8.64. The maximum absolute atomic E-state index is 11.0. The molecule has 0 heterocycles. The van der Waals surface area contributed by atoms with Crippen molar-refractivity contribution in [2.24, 2.45) is 0 Å². The third-order valence-electron chi connectivity index (χ3n) is 2.92. The summed E-state index contributed by atoms with van der Waals surface area (Å²) in [5.41, 5.74) is 0. The maximum Gasteiger partial charge on any atom is 0.470 e. The summed E-state index contributed by atoms with van der Waals surface area (Å²) >= 11 is 0. The van der Waals surface area contributed by atoms with Crippen LogP contribution in [-0.2, 0) is 9.09 Å². The summed E-state index contributed by atoms with van der Waals surface area (Å²) in [6.45, 7) is 2.80. The van der Waals surface area contributed by atoms with Crippen molar-refractivity contribution in [2.75, 3.05) is 27.7 Å². The molecular formula is C13H31NO4P+. The van der Waals surface area contributed by atoms with Gasteiger partial charge >= 0.3 is 7.82 Å². The molecule has 0 aliphatic heterocycles. The highest BCUT2D eigenvalue weighted by molar-refractivity contribution is 7.46. The molecule has 0 aromatic rings. The van der Waals surface area contributed by atoms with Gasteiger partial charge in [0.25, 0.3) is 0 Å². The van der Waals surface area contributed by atoms with Crippen LogP contribution in [0.3, 0.4) is 0 Å². The molecule has 19 heavy (non-hydrogen) atoms. The van der Waals surface area contributed by atoms with Crippen molar-refractivity contribution in [3.8, 4) is 0 Å². The Labute approximate surface area is 117 Å². The zero-order chi connectivity index (χ0) is 14.9. The standard InChI is InChI=1S/C13H30NO4P/c1-5-6-7-8-9-10-11-13(12-14(2,3)4)18-19(15,16)17/h13H,5-12H2,1-4H3,(H-,15,16,17)/p+1. The number of phosphoric acid groups is 1. The van der Waals surface area contributed by atoms with Gasteiger partial charge < -0.3 is 14.3 Å². The van der Waals surface area contributed by atoms with E-state index in [9.17, 15) is 4.57 Å². The Morgan fingerprint density at radius 1 is 1.05 bits per heavy atom. The smallest absolute Gasteiger partial charge is 0.329 e. The molecule has 0 aliphatic carbocycles. The minimum absolute atomic E-state index is 0.369. The Balaban J connectivity index is 4.02. The van der Waals surface area contributed by atoms with E-state index in [0.717, 1.165) is 12.8 Å². The fourth-order valence-electron chi connectivity index (χ4n) is 2.13. The third-order valence-corrected chi connectivity index (χ3v) is 3.49. The first kappa shape index (κ1) is 19.1. The van der Waals surface area contributed by atoms with E-state index in [0.29, 0.717) is 17.4 Å². The van der Waals surface area contributed by atoms with Crippen LogP contribution >= 0.6 is 7.82 Å². The van der Waals surface area contributed by atoms with Crippen LogP contribution in [0.15, 0.2) is 0 Å². The van der Waals surface area contributed by atoms with E-state index in [-0.39, 0.29) is 6.10 Å². The van der Waals surface area contributed by atoms with Gasteiger partial charge in [-0.05, 0) is 6.42 Å². The average molecular weight is 296 g/mol. The van der Waals surface area contributed by atoms with Gasteiger partial charge in [-0.2, -0.15) is 0 Å². The Morgan fingerprint density at radius 2 is 1.58 bits per heavy atom. The summed E-state index contributed by atoms with van der Waals surface area (Å²) in [4.78, 5) is 17.9. The second-order valence-corrected chi connectivity index (χ2v) is 7.44. The molecule has 0 amide bonds. The minimum atomic E-state index is -4.38. The van der Waals surface area contributed by atoms with E-state index >= 15 is 0 Å². The molecule has 116 valence electrons. The molecule has 1 atom stereocenters. The summed E-state index contributed by atoms with van der Waals surface area (Å²) in [7, 11) is 1.61. The van der Waals surface area contributed by atoms with E-state index in [4.69, 9.17) is 14.3 Å². The summed E-state index contributed by atoms with van der Waals surface area (Å²) < 4.78 is 16.5. The van der Waals surface area contributed by atoms with Gasteiger partial charge in [-0.3, -0.25) is 4.52 Å². The predicted molar refractivity (Wildman–Crippen MR) is 77.8 cm³/mol. The van der Waals surface area contributed by atoms with Gasteiger partial charge in [-0.25, -0.2) is 4.57 Å². The molecule has 0 saturated carbocycles. The summed E-state index contributed by atoms with van der Waals surface area (Å²) in [6, 6.07) is 0. The average Bonchev–Trinajstić information content (AvgIpc) is 2.18. The van der Waals surface area contributed by atoms with Crippen molar-refractivity contribution in [3.63, 3.8) is 0 Å². The minimum Gasteiger partial charge on any atom is -0.329 e. The second kappa shape index (κ2) is 9.09. The molecular weight excluding hydrogens is 265 g/mol. The van der Waals surface area contributed by atoms with E-state index < -0.39 is 7.82 Å². The van der Waals surface area contributed by atoms with E-state index in [1.165, 1.54) is 25.7 Å². The molecule has 0 saturated heterocycles. The molecule has 1 unspecified atom stereocenters. The highest BCUT2D eigenvalue weighted by atomic mass is 31.2. The van der Waals surface area contributed by atoms with E-state index in [1.54, 1.807) is 0 Å². The van der Waals surface area contributed by atoms with Gasteiger partial charge in [-0.15, -0.1) is 0 Å². The van der Waals surface area contributed by atoms with Crippen molar-refractivity contribution < 1.29 is 23.4 Å². The molecule has 5 nitrogen and oxygen atoms in total. The van der Waals surface area contributed by atoms with Gasteiger partial charge in [0, 0.05) is 0 Å². The summed E-state index contributed by atoms with van der Waals surface area (Å²) in [6.07, 6.45) is 7.36.